The quantitative estimate of drug-likeness (QED) is 0.307. The maximum absolute atomic E-state index is 13.4. The predicted molar refractivity (Wildman–Crippen MR) is 156 cm³/mol. The molecule has 1 N–H and O–H groups in total. The van der Waals surface area contributed by atoms with Crippen LogP contribution in [0, 0.1) is 0 Å². The third-order valence-corrected chi connectivity index (χ3v) is 8.41. The Morgan fingerprint density at radius 3 is 2.70 bits per heavy atom. The first-order chi connectivity index (χ1) is 20.8. The number of fused-ring (bicyclic) bond motifs is 10. The van der Waals surface area contributed by atoms with Gasteiger partial charge in [0.25, 0.3) is 5.91 Å². The highest BCUT2D eigenvalue weighted by atomic mass is 19.3. The van der Waals surface area contributed by atoms with Crippen LogP contribution in [-0.2, 0) is 10.3 Å². The molecule has 0 spiro atoms. The number of carbonyl (C=O) groups excluding carboxylic acids is 2. The molecular weight excluding hydrogens is 572 g/mol. The molecule has 0 saturated heterocycles. The summed E-state index contributed by atoms with van der Waals surface area (Å²) >= 11 is 0. The summed E-state index contributed by atoms with van der Waals surface area (Å²) in [6.07, 6.45) is 1.66. The van der Waals surface area contributed by atoms with Gasteiger partial charge in [-0.2, -0.15) is 8.78 Å². The van der Waals surface area contributed by atoms with E-state index in [1.165, 1.54) is 6.07 Å². The van der Waals surface area contributed by atoms with Crippen LogP contribution in [0.25, 0.3) is 22.2 Å². The Balaban J connectivity index is 1.28. The zero-order chi connectivity index (χ0) is 31.1. The first-order valence-corrected chi connectivity index (χ1v) is 14.3. The molecule has 2 amide bonds. The summed E-state index contributed by atoms with van der Waals surface area (Å²) in [4.78, 5) is 37.1. The average Bonchev–Trinajstić information content (AvgIpc) is 3.58. The minimum Gasteiger partial charge on any atom is -0.489 e. The Morgan fingerprint density at radius 1 is 1.16 bits per heavy atom. The number of alkyl halides is 2. The maximum atomic E-state index is 13.4. The van der Waals surface area contributed by atoms with Gasteiger partial charge >= 0.3 is 12.7 Å². The summed E-state index contributed by atoms with van der Waals surface area (Å²) < 4.78 is 45.2. The lowest BCUT2D eigenvalue weighted by Crippen LogP contribution is -2.47. The van der Waals surface area contributed by atoms with E-state index in [9.17, 15) is 18.4 Å². The van der Waals surface area contributed by atoms with Crippen molar-refractivity contribution in [1.82, 2.24) is 24.8 Å². The van der Waals surface area contributed by atoms with Crippen LogP contribution >= 0.6 is 0 Å². The number of aromatic nitrogens is 3. The number of carbonyl (C=O) groups is 2. The number of imidazole rings is 1. The minimum atomic E-state index is -3.03. The van der Waals surface area contributed by atoms with Crippen molar-refractivity contribution in [2.45, 2.75) is 64.0 Å². The molecule has 12 heteroatoms. The van der Waals surface area contributed by atoms with Gasteiger partial charge in [-0.25, -0.2) is 9.78 Å². The first-order valence-electron chi connectivity index (χ1n) is 14.3. The van der Waals surface area contributed by atoms with Crippen LogP contribution in [0.3, 0.4) is 0 Å². The molecule has 5 heterocycles. The summed E-state index contributed by atoms with van der Waals surface area (Å²) in [5.41, 5.74) is 3.00. The lowest BCUT2D eigenvalue weighted by molar-refractivity contribution is -0.0507. The van der Waals surface area contributed by atoms with Crippen LogP contribution < -0.4 is 14.8 Å². The summed E-state index contributed by atoms with van der Waals surface area (Å²) in [5, 5.41) is 2.89. The lowest BCUT2D eigenvalue weighted by atomic mass is 9.97. The zero-order valence-electron chi connectivity index (χ0n) is 24.9. The number of rotatable bonds is 4. The molecule has 0 aliphatic carbocycles. The van der Waals surface area contributed by atoms with E-state index in [1.807, 2.05) is 35.8 Å². The number of hydrogen-bond donors (Lipinski definition) is 1. The summed E-state index contributed by atoms with van der Waals surface area (Å²) in [6, 6.07) is 11.6. The molecule has 1 unspecified atom stereocenters. The highest BCUT2D eigenvalue weighted by Crippen LogP contribution is 2.50. The number of benzene rings is 2. The normalized spacial score (nSPS) is 21.9. The number of nitrogens with one attached hydrogen (secondary N) is 1. The number of nitrogens with zero attached hydrogens (tertiary/aromatic N) is 4. The third-order valence-electron chi connectivity index (χ3n) is 8.41. The van der Waals surface area contributed by atoms with E-state index in [-0.39, 0.29) is 24.3 Å². The molecule has 44 heavy (non-hydrogen) atoms. The van der Waals surface area contributed by atoms with Gasteiger partial charge in [-0.1, -0.05) is 12.1 Å². The van der Waals surface area contributed by atoms with E-state index in [2.05, 4.69) is 10.3 Å². The SMILES string of the molecule is CN1C(=O)c2cccc(OC(F)F)c2[C@H]2C[C@@H]1c1nc3ccc(-c4cnc5c(c4)OCC5(C)NC(=O)OC(C)(C)C)cc3n12. The van der Waals surface area contributed by atoms with Crippen molar-refractivity contribution >= 4 is 23.0 Å². The highest BCUT2D eigenvalue weighted by molar-refractivity contribution is 5.98. The number of pyridine rings is 1. The van der Waals surface area contributed by atoms with Crippen molar-refractivity contribution < 1.29 is 32.6 Å². The van der Waals surface area contributed by atoms with Crippen LogP contribution in [-0.4, -0.2) is 57.3 Å². The smallest absolute Gasteiger partial charge is 0.408 e. The van der Waals surface area contributed by atoms with Crippen molar-refractivity contribution in [3.05, 3.63) is 71.3 Å². The van der Waals surface area contributed by atoms with Crippen molar-refractivity contribution in [2.24, 2.45) is 0 Å². The van der Waals surface area contributed by atoms with Crippen LogP contribution in [0.2, 0.25) is 0 Å². The second kappa shape index (κ2) is 9.63. The lowest BCUT2D eigenvalue weighted by Gasteiger charge is -2.26. The number of halogens is 2. The van der Waals surface area contributed by atoms with Gasteiger partial charge in [0.05, 0.1) is 23.1 Å². The summed E-state index contributed by atoms with van der Waals surface area (Å²) in [7, 11) is 1.71. The van der Waals surface area contributed by atoms with E-state index in [0.29, 0.717) is 34.8 Å². The number of amides is 2. The number of ether oxygens (including phenoxy) is 3. The fourth-order valence-corrected chi connectivity index (χ4v) is 6.50. The van der Waals surface area contributed by atoms with E-state index in [1.54, 1.807) is 51.0 Å². The van der Waals surface area contributed by atoms with Gasteiger partial charge in [0.1, 0.15) is 40.8 Å². The van der Waals surface area contributed by atoms with Gasteiger partial charge in [0.15, 0.2) is 0 Å². The summed E-state index contributed by atoms with van der Waals surface area (Å²) in [6.45, 7) is 4.40. The first kappa shape index (κ1) is 28.1. The minimum absolute atomic E-state index is 0.0150. The Kier molecular flexibility index (Phi) is 6.14. The van der Waals surface area contributed by atoms with Gasteiger partial charge < -0.3 is 29.0 Å². The molecule has 10 nitrogen and oxygen atoms in total. The molecule has 0 fully saturated rings. The van der Waals surface area contributed by atoms with E-state index in [0.717, 1.165) is 22.2 Å². The fourth-order valence-electron chi connectivity index (χ4n) is 6.50. The molecule has 2 aromatic heterocycles. The highest BCUT2D eigenvalue weighted by Gasteiger charge is 2.45. The largest absolute Gasteiger partial charge is 0.489 e. The Bertz CT molecular complexity index is 1850. The van der Waals surface area contributed by atoms with Crippen LogP contribution in [0.4, 0.5) is 13.6 Å². The van der Waals surface area contributed by atoms with E-state index < -0.39 is 29.9 Å². The predicted octanol–water partition coefficient (Wildman–Crippen LogP) is 5.95. The monoisotopic (exact) mass is 603 g/mol. The molecule has 7 rings (SSSR count). The second-order valence-electron chi connectivity index (χ2n) is 12.6. The molecule has 0 radical (unpaired) electrons. The fraction of sp³-hybridized carbons (Fsp3) is 0.375. The van der Waals surface area contributed by atoms with Gasteiger partial charge in [-0.05, 0) is 63.6 Å². The van der Waals surface area contributed by atoms with Crippen molar-refractivity contribution in [3.63, 3.8) is 0 Å². The number of hydrogen-bond acceptors (Lipinski definition) is 7. The van der Waals surface area contributed by atoms with E-state index >= 15 is 0 Å². The second-order valence-corrected chi connectivity index (χ2v) is 12.6. The molecule has 3 aliphatic heterocycles. The molecule has 228 valence electrons. The zero-order valence-corrected chi connectivity index (χ0v) is 24.9. The topological polar surface area (TPSA) is 108 Å². The maximum Gasteiger partial charge on any atom is 0.408 e. The molecule has 2 bridgehead atoms. The molecule has 0 saturated carbocycles. The standard InChI is InChI=1S/C32H31F2N5O5/c1-31(2,3)44-30(41)37-32(4)15-42-24-12-17(14-35-26(24)32)16-9-10-19-20(11-16)39-21-13-22(27(39)36-19)38(5)28(40)18-7-6-8-23(25(18)21)43-29(33)34/h6-12,14,21-22,29H,13,15H2,1-5H3,(H,37,41)/t21-,22-,32?/m1/s1. The van der Waals surface area contributed by atoms with Gasteiger partial charge in [0.2, 0.25) is 0 Å². The molecular formula is C32H31F2N5O5. The van der Waals surface area contributed by atoms with Crippen LogP contribution in [0.1, 0.15) is 73.6 Å². The van der Waals surface area contributed by atoms with E-state index in [4.69, 9.17) is 19.2 Å². The van der Waals surface area contributed by atoms with Gasteiger partial charge in [-0.3, -0.25) is 9.78 Å². The van der Waals surface area contributed by atoms with Crippen molar-refractivity contribution in [3.8, 4) is 22.6 Å². The molecule has 4 aromatic rings. The molecule has 3 atom stereocenters. The van der Waals surface area contributed by atoms with Crippen LogP contribution in [0.5, 0.6) is 11.5 Å². The third kappa shape index (κ3) is 4.42. The Morgan fingerprint density at radius 2 is 1.95 bits per heavy atom. The molecule has 3 aliphatic rings. The number of alkyl carbamates (subject to hydrolysis) is 1. The van der Waals surface area contributed by atoms with Crippen LogP contribution in [0.15, 0.2) is 48.7 Å². The average molecular weight is 604 g/mol. The van der Waals surface area contributed by atoms with Gasteiger partial charge in [0, 0.05) is 36.4 Å². The van der Waals surface area contributed by atoms with Crippen molar-refractivity contribution in [2.75, 3.05) is 13.7 Å². The van der Waals surface area contributed by atoms with Gasteiger partial charge in [-0.15, -0.1) is 0 Å². The molecule has 2 aromatic carbocycles. The van der Waals surface area contributed by atoms with Crippen molar-refractivity contribution in [1.29, 1.82) is 0 Å². The summed E-state index contributed by atoms with van der Waals surface area (Å²) in [5.74, 6) is 0.965. The Labute approximate surface area is 251 Å². The Hall–Kier alpha value is -4.74.